The Morgan fingerprint density at radius 1 is 1.23 bits per heavy atom. The van der Waals surface area contributed by atoms with Gasteiger partial charge < -0.3 is 11.1 Å². The van der Waals surface area contributed by atoms with E-state index in [1.807, 2.05) is 13.8 Å². The van der Waals surface area contributed by atoms with Gasteiger partial charge in [0.15, 0.2) is 5.78 Å². The maximum atomic E-state index is 13.0. The zero-order chi connectivity index (χ0) is 17.3. The molecule has 1 amide bonds. The molecule has 0 aromatic rings. The second-order valence-electron chi connectivity index (χ2n) is 8.32. The normalized spacial score (nSPS) is 30.1. The van der Waals surface area contributed by atoms with Crippen molar-refractivity contribution in [3.05, 3.63) is 0 Å². The molecule has 4 atom stereocenters. The van der Waals surface area contributed by atoms with Crippen LogP contribution in [0, 0.1) is 22.7 Å². The molecule has 0 spiro atoms. The number of nitrogens with two attached hydrogens (primary N) is 1. The van der Waals surface area contributed by atoms with Crippen LogP contribution in [0.2, 0.25) is 0 Å². The number of hydrogen-bond donors (Lipinski definition) is 2. The van der Waals surface area contributed by atoms with Crippen LogP contribution in [0.5, 0.6) is 0 Å². The molecule has 1 rings (SSSR count). The lowest BCUT2D eigenvalue weighted by molar-refractivity contribution is -0.138. The first-order valence-electron chi connectivity index (χ1n) is 8.53. The quantitative estimate of drug-likeness (QED) is 0.792. The van der Waals surface area contributed by atoms with Gasteiger partial charge in [0.1, 0.15) is 0 Å². The SMILES string of the molecule is CC(C)C[C@H](N)C(=O)N[C@H](C)C(=O)C1(C)CCC(C)C1(C)C. The van der Waals surface area contributed by atoms with E-state index < -0.39 is 12.1 Å². The van der Waals surface area contributed by atoms with Crippen molar-refractivity contribution >= 4 is 11.7 Å². The van der Waals surface area contributed by atoms with Crippen LogP contribution in [0.3, 0.4) is 0 Å². The van der Waals surface area contributed by atoms with Gasteiger partial charge in [-0.25, -0.2) is 0 Å². The molecule has 0 heterocycles. The van der Waals surface area contributed by atoms with E-state index >= 15 is 0 Å². The zero-order valence-corrected chi connectivity index (χ0v) is 15.3. The average Bonchev–Trinajstić information content (AvgIpc) is 2.61. The Kier molecular flexibility index (Phi) is 5.82. The molecular weight excluding hydrogens is 276 g/mol. The van der Waals surface area contributed by atoms with Crippen LogP contribution < -0.4 is 11.1 Å². The number of rotatable bonds is 6. The topological polar surface area (TPSA) is 72.2 Å². The number of nitrogens with one attached hydrogen (secondary N) is 1. The van der Waals surface area contributed by atoms with E-state index in [0.29, 0.717) is 18.3 Å². The summed E-state index contributed by atoms with van der Waals surface area (Å²) in [5.41, 5.74) is 5.46. The fourth-order valence-electron chi connectivity index (χ4n) is 3.65. The zero-order valence-electron chi connectivity index (χ0n) is 15.3. The predicted octanol–water partition coefficient (Wildman–Crippen LogP) is 2.90. The summed E-state index contributed by atoms with van der Waals surface area (Å²) in [6, 6.07) is -1.03. The molecule has 0 bridgehead atoms. The molecule has 0 aliphatic heterocycles. The number of hydrogen-bond acceptors (Lipinski definition) is 3. The van der Waals surface area contributed by atoms with Gasteiger partial charge in [-0.2, -0.15) is 0 Å². The molecule has 1 saturated carbocycles. The van der Waals surface area contributed by atoms with Crippen molar-refractivity contribution in [3.8, 4) is 0 Å². The lowest BCUT2D eigenvalue weighted by Crippen LogP contribution is -2.53. The summed E-state index contributed by atoms with van der Waals surface area (Å²) < 4.78 is 0. The van der Waals surface area contributed by atoms with E-state index in [1.54, 1.807) is 6.92 Å². The second-order valence-corrected chi connectivity index (χ2v) is 8.32. The maximum Gasteiger partial charge on any atom is 0.237 e. The summed E-state index contributed by atoms with van der Waals surface area (Å²) in [6.45, 7) is 14.4. The van der Waals surface area contributed by atoms with Crippen molar-refractivity contribution in [2.45, 2.75) is 79.8 Å². The van der Waals surface area contributed by atoms with Crippen molar-refractivity contribution in [1.29, 1.82) is 0 Å². The monoisotopic (exact) mass is 310 g/mol. The molecule has 4 nitrogen and oxygen atoms in total. The Hall–Kier alpha value is -0.900. The van der Waals surface area contributed by atoms with Gasteiger partial charge in [-0.3, -0.25) is 9.59 Å². The van der Waals surface area contributed by atoms with Crippen molar-refractivity contribution in [1.82, 2.24) is 5.32 Å². The molecule has 1 fully saturated rings. The number of Topliss-reactive ketones (excluding diaryl/α,β-unsaturated/α-hetero) is 1. The van der Waals surface area contributed by atoms with Gasteiger partial charge in [-0.1, -0.05) is 41.5 Å². The Balaban J connectivity index is 2.76. The van der Waals surface area contributed by atoms with Gasteiger partial charge in [0.2, 0.25) is 5.91 Å². The minimum Gasteiger partial charge on any atom is -0.345 e. The highest BCUT2D eigenvalue weighted by atomic mass is 16.2. The molecule has 0 aromatic heterocycles. The van der Waals surface area contributed by atoms with Crippen LogP contribution in [0.15, 0.2) is 0 Å². The molecule has 4 heteroatoms. The minimum absolute atomic E-state index is 0.0525. The summed E-state index contributed by atoms with van der Waals surface area (Å²) in [4.78, 5) is 25.1. The number of ketones is 1. The lowest BCUT2D eigenvalue weighted by Gasteiger charge is -2.41. The Morgan fingerprint density at radius 3 is 2.18 bits per heavy atom. The first kappa shape index (κ1) is 19.1. The van der Waals surface area contributed by atoms with Crippen molar-refractivity contribution in [2.75, 3.05) is 0 Å². The van der Waals surface area contributed by atoms with Crippen molar-refractivity contribution in [3.63, 3.8) is 0 Å². The van der Waals surface area contributed by atoms with Gasteiger partial charge in [-0.15, -0.1) is 0 Å². The number of carbonyl (C=O) groups is 2. The van der Waals surface area contributed by atoms with Crippen LogP contribution in [-0.4, -0.2) is 23.8 Å². The highest BCUT2D eigenvalue weighted by Gasteiger charge is 2.54. The van der Waals surface area contributed by atoms with E-state index in [9.17, 15) is 9.59 Å². The Morgan fingerprint density at radius 2 is 1.77 bits per heavy atom. The largest absolute Gasteiger partial charge is 0.345 e. The predicted molar refractivity (Wildman–Crippen MR) is 90.3 cm³/mol. The van der Waals surface area contributed by atoms with E-state index in [-0.39, 0.29) is 22.5 Å². The third-order valence-corrected chi connectivity index (χ3v) is 6.09. The number of carbonyl (C=O) groups excluding carboxylic acids is 2. The first-order valence-corrected chi connectivity index (χ1v) is 8.53. The third-order valence-electron chi connectivity index (χ3n) is 6.09. The molecule has 0 saturated heterocycles. The summed E-state index contributed by atoms with van der Waals surface area (Å²) in [5.74, 6) is 0.778. The summed E-state index contributed by atoms with van der Waals surface area (Å²) >= 11 is 0. The Labute approximate surface area is 135 Å². The van der Waals surface area contributed by atoms with Crippen LogP contribution >= 0.6 is 0 Å². The van der Waals surface area contributed by atoms with E-state index in [0.717, 1.165) is 12.8 Å². The van der Waals surface area contributed by atoms with Crippen LogP contribution in [0.4, 0.5) is 0 Å². The number of amides is 1. The highest BCUT2D eigenvalue weighted by Crippen LogP contribution is 2.56. The molecule has 0 radical (unpaired) electrons. The van der Waals surface area contributed by atoms with Crippen molar-refractivity contribution in [2.24, 2.45) is 28.4 Å². The fraction of sp³-hybridized carbons (Fsp3) is 0.889. The summed E-state index contributed by atoms with van der Waals surface area (Å²) in [5, 5.41) is 2.83. The van der Waals surface area contributed by atoms with Gasteiger partial charge in [0.05, 0.1) is 12.1 Å². The first-order chi connectivity index (χ1) is 9.93. The van der Waals surface area contributed by atoms with E-state index in [1.165, 1.54) is 0 Å². The molecule has 3 N–H and O–H groups in total. The average molecular weight is 310 g/mol. The molecule has 22 heavy (non-hydrogen) atoms. The minimum atomic E-state index is -0.543. The van der Waals surface area contributed by atoms with Crippen LogP contribution in [0.1, 0.15) is 67.7 Å². The van der Waals surface area contributed by atoms with Crippen LogP contribution in [-0.2, 0) is 9.59 Å². The molecule has 0 aromatic carbocycles. The van der Waals surface area contributed by atoms with E-state index in [2.05, 4.69) is 33.0 Å². The molecule has 128 valence electrons. The van der Waals surface area contributed by atoms with E-state index in [4.69, 9.17) is 5.73 Å². The van der Waals surface area contributed by atoms with Gasteiger partial charge in [0.25, 0.3) is 0 Å². The second kappa shape index (κ2) is 6.69. The van der Waals surface area contributed by atoms with Crippen LogP contribution in [0.25, 0.3) is 0 Å². The van der Waals surface area contributed by atoms with Gasteiger partial charge >= 0.3 is 0 Å². The fourth-order valence-corrected chi connectivity index (χ4v) is 3.65. The maximum absolute atomic E-state index is 13.0. The summed E-state index contributed by atoms with van der Waals surface area (Å²) in [6.07, 6.45) is 2.58. The molecule has 2 unspecified atom stereocenters. The standard InChI is InChI=1S/C18H34N2O2/c1-11(2)10-14(19)16(22)20-13(4)15(21)18(7)9-8-12(3)17(18,5)6/h11-14H,8-10,19H2,1-7H3,(H,20,22)/t12?,13-,14+,18?/m1/s1. The smallest absolute Gasteiger partial charge is 0.237 e. The molecular formula is C18H34N2O2. The molecule has 1 aliphatic carbocycles. The third kappa shape index (κ3) is 3.53. The van der Waals surface area contributed by atoms with Crippen molar-refractivity contribution < 1.29 is 9.59 Å². The van der Waals surface area contributed by atoms with Gasteiger partial charge in [-0.05, 0) is 43.4 Å². The highest BCUT2D eigenvalue weighted by molar-refractivity contribution is 5.94. The van der Waals surface area contributed by atoms with Gasteiger partial charge in [0, 0.05) is 5.41 Å². The Bertz CT molecular complexity index is 431. The lowest BCUT2D eigenvalue weighted by atomic mass is 9.63. The molecule has 1 aliphatic rings. The summed E-state index contributed by atoms with van der Waals surface area (Å²) in [7, 11) is 0.